The molecule has 0 saturated carbocycles. The summed E-state index contributed by atoms with van der Waals surface area (Å²) in [7, 11) is -3.49. The highest BCUT2D eigenvalue weighted by Gasteiger charge is 2.37. The number of H-pyrrole nitrogens is 1. The molecular formula is C14H17N3O2S. The van der Waals surface area contributed by atoms with Gasteiger partial charge < -0.3 is 4.98 Å². The van der Waals surface area contributed by atoms with Crippen molar-refractivity contribution in [3.63, 3.8) is 0 Å². The van der Waals surface area contributed by atoms with Crippen molar-refractivity contribution in [2.45, 2.75) is 30.8 Å². The Bertz CT molecular complexity index is 695. The molecule has 1 aliphatic rings. The molecule has 1 aliphatic heterocycles. The maximum atomic E-state index is 12.6. The average molecular weight is 291 g/mol. The van der Waals surface area contributed by atoms with Gasteiger partial charge in [-0.2, -0.15) is 4.31 Å². The van der Waals surface area contributed by atoms with E-state index in [0.717, 1.165) is 24.0 Å². The van der Waals surface area contributed by atoms with Gasteiger partial charge in [-0.3, -0.25) is 0 Å². The van der Waals surface area contributed by atoms with Crippen LogP contribution in [0.5, 0.6) is 0 Å². The van der Waals surface area contributed by atoms with Gasteiger partial charge in [0.25, 0.3) is 10.0 Å². The first-order valence-electron chi connectivity index (χ1n) is 6.66. The molecule has 1 saturated heterocycles. The molecule has 0 bridgehead atoms. The zero-order valence-electron chi connectivity index (χ0n) is 11.3. The molecule has 20 heavy (non-hydrogen) atoms. The van der Waals surface area contributed by atoms with Gasteiger partial charge in [-0.25, -0.2) is 13.4 Å². The molecule has 1 aromatic heterocycles. The van der Waals surface area contributed by atoms with E-state index in [1.807, 2.05) is 31.2 Å². The van der Waals surface area contributed by atoms with Gasteiger partial charge in [0.05, 0.1) is 18.6 Å². The number of nitrogens with one attached hydrogen (secondary N) is 1. The van der Waals surface area contributed by atoms with Gasteiger partial charge in [-0.15, -0.1) is 0 Å². The zero-order valence-corrected chi connectivity index (χ0v) is 12.1. The fourth-order valence-corrected chi connectivity index (χ4v) is 4.38. The molecule has 0 spiro atoms. The molecule has 1 N–H and O–H groups in total. The van der Waals surface area contributed by atoms with E-state index in [1.54, 1.807) is 4.31 Å². The van der Waals surface area contributed by atoms with Gasteiger partial charge in [0, 0.05) is 6.54 Å². The van der Waals surface area contributed by atoms with Crippen molar-refractivity contribution in [2.24, 2.45) is 0 Å². The molecule has 2 aromatic rings. The summed E-state index contributed by atoms with van der Waals surface area (Å²) >= 11 is 0. The minimum absolute atomic E-state index is 0.0792. The van der Waals surface area contributed by atoms with Crippen molar-refractivity contribution >= 4 is 10.0 Å². The van der Waals surface area contributed by atoms with Crippen LogP contribution in [0.2, 0.25) is 0 Å². The Kier molecular flexibility index (Phi) is 3.35. The summed E-state index contributed by atoms with van der Waals surface area (Å²) in [6.07, 6.45) is 4.50. The SMILES string of the molecule is Cc1ccccc1C1CCCN1S(=O)(=O)c1cnc[nH]1. The predicted octanol–water partition coefficient (Wildman–Crippen LogP) is 2.24. The van der Waals surface area contributed by atoms with Gasteiger partial charge in [-0.1, -0.05) is 24.3 Å². The number of aromatic amines is 1. The number of hydrogen-bond donors (Lipinski definition) is 1. The van der Waals surface area contributed by atoms with Gasteiger partial charge >= 0.3 is 0 Å². The number of benzene rings is 1. The van der Waals surface area contributed by atoms with E-state index in [0.29, 0.717) is 6.54 Å². The van der Waals surface area contributed by atoms with E-state index < -0.39 is 10.0 Å². The number of imidazole rings is 1. The minimum Gasteiger partial charge on any atom is -0.335 e. The standard InChI is InChI=1S/C14H17N3O2S/c1-11-5-2-3-6-12(11)13-7-4-8-17(13)20(18,19)14-9-15-10-16-14/h2-3,5-6,9-10,13H,4,7-8H2,1H3,(H,15,16). The number of sulfonamides is 1. The highest BCUT2D eigenvalue weighted by molar-refractivity contribution is 7.89. The first kappa shape index (κ1) is 13.3. The molecule has 0 radical (unpaired) electrons. The van der Waals surface area contributed by atoms with Crippen LogP contribution in [0, 0.1) is 6.92 Å². The summed E-state index contributed by atoms with van der Waals surface area (Å²) < 4.78 is 26.9. The Labute approximate surface area is 118 Å². The van der Waals surface area contributed by atoms with Crippen LogP contribution in [-0.2, 0) is 10.0 Å². The summed E-state index contributed by atoms with van der Waals surface area (Å²) in [6, 6.07) is 7.89. The van der Waals surface area contributed by atoms with Crippen LogP contribution in [0.25, 0.3) is 0 Å². The molecule has 0 aliphatic carbocycles. The minimum atomic E-state index is -3.49. The first-order chi connectivity index (χ1) is 9.60. The highest BCUT2D eigenvalue weighted by atomic mass is 32.2. The van der Waals surface area contributed by atoms with Crippen molar-refractivity contribution < 1.29 is 8.42 Å². The third-order valence-corrected chi connectivity index (χ3v) is 5.64. The Balaban J connectivity index is 2.00. The van der Waals surface area contributed by atoms with E-state index >= 15 is 0 Å². The van der Waals surface area contributed by atoms with Gasteiger partial charge in [0.15, 0.2) is 5.03 Å². The van der Waals surface area contributed by atoms with Gasteiger partial charge in [0.2, 0.25) is 0 Å². The predicted molar refractivity (Wildman–Crippen MR) is 75.6 cm³/mol. The number of rotatable bonds is 3. The lowest BCUT2D eigenvalue weighted by molar-refractivity contribution is 0.394. The van der Waals surface area contributed by atoms with Crippen LogP contribution in [0.4, 0.5) is 0 Å². The van der Waals surface area contributed by atoms with Crippen LogP contribution in [-0.4, -0.2) is 29.2 Å². The van der Waals surface area contributed by atoms with Crippen molar-refractivity contribution in [3.8, 4) is 0 Å². The molecule has 1 atom stereocenters. The molecule has 0 amide bonds. The Hall–Kier alpha value is -1.66. The van der Waals surface area contributed by atoms with E-state index in [9.17, 15) is 8.42 Å². The fraction of sp³-hybridized carbons (Fsp3) is 0.357. The normalized spacial score (nSPS) is 20.4. The highest BCUT2D eigenvalue weighted by Crippen LogP contribution is 2.37. The van der Waals surface area contributed by atoms with Gasteiger partial charge in [0.1, 0.15) is 0 Å². The van der Waals surface area contributed by atoms with Crippen LogP contribution < -0.4 is 0 Å². The molecule has 106 valence electrons. The average Bonchev–Trinajstić information content (AvgIpc) is 3.11. The van der Waals surface area contributed by atoms with Crippen molar-refractivity contribution in [1.82, 2.24) is 14.3 Å². The van der Waals surface area contributed by atoms with E-state index in [4.69, 9.17) is 0 Å². The first-order valence-corrected chi connectivity index (χ1v) is 8.10. The Morgan fingerprint density at radius 2 is 2.15 bits per heavy atom. The van der Waals surface area contributed by atoms with Crippen LogP contribution in [0.15, 0.2) is 41.8 Å². The van der Waals surface area contributed by atoms with Crippen molar-refractivity contribution in [2.75, 3.05) is 6.54 Å². The van der Waals surface area contributed by atoms with E-state index in [2.05, 4.69) is 9.97 Å². The maximum Gasteiger partial charge on any atom is 0.260 e. The lowest BCUT2D eigenvalue weighted by atomic mass is 10.0. The summed E-state index contributed by atoms with van der Waals surface area (Å²) in [5.41, 5.74) is 2.22. The molecule has 6 heteroatoms. The van der Waals surface area contributed by atoms with Crippen LogP contribution in [0.3, 0.4) is 0 Å². The maximum absolute atomic E-state index is 12.6. The topological polar surface area (TPSA) is 66.1 Å². The van der Waals surface area contributed by atoms with E-state index in [1.165, 1.54) is 12.5 Å². The number of nitrogens with zero attached hydrogens (tertiary/aromatic N) is 2. The van der Waals surface area contributed by atoms with Crippen LogP contribution in [0.1, 0.15) is 30.0 Å². The van der Waals surface area contributed by atoms with Gasteiger partial charge in [-0.05, 0) is 30.9 Å². The lowest BCUT2D eigenvalue weighted by Gasteiger charge is -2.24. The summed E-state index contributed by atoms with van der Waals surface area (Å²) in [6.45, 7) is 2.58. The third kappa shape index (κ3) is 2.14. The number of aromatic nitrogens is 2. The monoisotopic (exact) mass is 291 g/mol. The molecule has 2 heterocycles. The Morgan fingerprint density at radius 3 is 2.85 bits per heavy atom. The largest absolute Gasteiger partial charge is 0.335 e. The van der Waals surface area contributed by atoms with Crippen molar-refractivity contribution in [3.05, 3.63) is 47.9 Å². The smallest absolute Gasteiger partial charge is 0.260 e. The zero-order chi connectivity index (χ0) is 14.2. The molecule has 5 nitrogen and oxygen atoms in total. The molecular weight excluding hydrogens is 274 g/mol. The second-order valence-corrected chi connectivity index (χ2v) is 6.91. The lowest BCUT2D eigenvalue weighted by Crippen LogP contribution is -2.31. The second kappa shape index (κ2) is 5.03. The number of aryl methyl sites for hydroxylation is 1. The van der Waals surface area contributed by atoms with E-state index in [-0.39, 0.29) is 11.1 Å². The molecule has 3 rings (SSSR count). The van der Waals surface area contributed by atoms with Crippen LogP contribution >= 0.6 is 0 Å². The Morgan fingerprint density at radius 1 is 1.35 bits per heavy atom. The molecule has 1 unspecified atom stereocenters. The fourth-order valence-electron chi connectivity index (χ4n) is 2.81. The molecule has 1 aromatic carbocycles. The summed E-state index contributed by atoms with van der Waals surface area (Å²) in [5, 5.41) is 0.165. The summed E-state index contributed by atoms with van der Waals surface area (Å²) in [5.74, 6) is 0. The quantitative estimate of drug-likeness (QED) is 0.943. The summed E-state index contributed by atoms with van der Waals surface area (Å²) in [4.78, 5) is 6.51. The molecule has 1 fully saturated rings. The van der Waals surface area contributed by atoms with Crippen molar-refractivity contribution in [1.29, 1.82) is 0 Å². The second-order valence-electron chi connectivity index (χ2n) is 5.05. The third-order valence-electron chi connectivity index (χ3n) is 3.81. The number of hydrogen-bond acceptors (Lipinski definition) is 3.